The molecule has 250 valence electrons. The maximum Gasteiger partial charge on any atom is 0.351 e. The van der Waals surface area contributed by atoms with Crippen LogP contribution in [0.4, 0.5) is 5.82 Å². The fourth-order valence-electron chi connectivity index (χ4n) is 7.62. The fourth-order valence-corrected chi connectivity index (χ4v) is 13.6. The molecule has 5 heterocycles. The molecule has 1 unspecified atom stereocenters. The van der Waals surface area contributed by atoms with Crippen molar-refractivity contribution in [3.63, 3.8) is 0 Å². The largest absolute Gasteiger partial charge is 0.368 e. The lowest BCUT2D eigenvalue weighted by Crippen LogP contribution is -2.58. The second-order valence-corrected chi connectivity index (χ2v) is 19.5. The highest BCUT2D eigenvalue weighted by Crippen LogP contribution is 2.61. The van der Waals surface area contributed by atoms with E-state index in [1.165, 1.54) is 14.9 Å². The molecule has 7 atom stereocenters. The quantitative estimate of drug-likeness (QED) is 0.246. The van der Waals surface area contributed by atoms with Gasteiger partial charge in [0.05, 0.1) is 12.7 Å². The number of carbonyl (C=O) groups is 1. The lowest BCUT2D eigenvalue weighted by Gasteiger charge is -2.32. The van der Waals surface area contributed by atoms with Gasteiger partial charge < -0.3 is 23.8 Å². The van der Waals surface area contributed by atoms with Gasteiger partial charge in [-0.2, -0.15) is 4.98 Å². The molecule has 4 fully saturated rings. The maximum absolute atomic E-state index is 13.3. The molecule has 2 aromatic carbocycles. The predicted octanol–water partition coefficient (Wildman–Crippen LogP) is 4.59. The number of benzene rings is 2. The standard InChI is InChI=1S/C35H45N4O6PSi/c1-6-35-22-42-29(33(43-35)38-20-24(4)31(37-34(38)41)36-32(40)23(2)3)30(35)45-46-39-19-13-18-27(39)28(44-46)21-47(5,25-14-9-7-10-15-25)26-16-11-8-12-17-26/h7-12,14-17,20,23,27-30,33H,6,13,18-19,21-22H2,1-5H3,(H,36,37,40,41)/t27-,28+,29-,30?,33+,35+,46+/m0/s1. The summed E-state index contributed by atoms with van der Waals surface area (Å²) < 4.78 is 30.9. The zero-order valence-corrected chi connectivity index (χ0v) is 29.7. The number of carbonyl (C=O) groups excluding carboxylic acids is 1. The van der Waals surface area contributed by atoms with Gasteiger partial charge in [-0.3, -0.25) is 9.36 Å². The van der Waals surface area contributed by atoms with Gasteiger partial charge in [0.15, 0.2) is 6.23 Å². The minimum atomic E-state index is -2.14. The first-order chi connectivity index (χ1) is 22.6. The van der Waals surface area contributed by atoms with Gasteiger partial charge in [-0.05, 0) is 32.2 Å². The van der Waals surface area contributed by atoms with Crippen LogP contribution < -0.4 is 21.4 Å². The van der Waals surface area contributed by atoms with Gasteiger partial charge in [-0.15, -0.1) is 0 Å². The van der Waals surface area contributed by atoms with Crippen molar-refractivity contribution in [2.75, 3.05) is 18.5 Å². The molecule has 4 aliphatic rings. The van der Waals surface area contributed by atoms with E-state index in [2.05, 4.69) is 89.1 Å². The number of anilines is 1. The van der Waals surface area contributed by atoms with Gasteiger partial charge in [0.1, 0.15) is 31.7 Å². The third-order valence-electron chi connectivity index (χ3n) is 10.5. The molecule has 1 N–H and O–H groups in total. The molecular formula is C35H45N4O6PSi. The average molecular weight is 677 g/mol. The molecule has 4 saturated heterocycles. The summed E-state index contributed by atoms with van der Waals surface area (Å²) >= 11 is 0. The lowest BCUT2D eigenvalue weighted by atomic mass is 9.96. The average Bonchev–Trinajstić information content (AvgIpc) is 3.85. The Hall–Kier alpha value is -2.76. The number of fused-ring (bicyclic) bond motifs is 3. The molecule has 47 heavy (non-hydrogen) atoms. The highest BCUT2D eigenvalue weighted by Gasteiger charge is 2.64. The Balaban J connectivity index is 1.13. The molecule has 12 heteroatoms. The summed E-state index contributed by atoms with van der Waals surface area (Å²) in [6, 6.07) is 23.1. The van der Waals surface area contributed by atoms with Crippen LogP contribution in [0.5, 0.6) is 0 Å². The van der Waals surface area contributed by atoms with Crippen LogP contribution in [0.2, 0.25) is 12.6 Å². The van der Waals surface area contributed by atoms with E-state index in [-0.39, 0.29) is 23.7 Å². The van der Waals surface area contributed by atoms with Crippen LogP contribution in [0.15, 0.2) is 71.7 Å². The zero-order chi connectivity index (χ0) is 32.9. The van der Waals surface area contributed by atoms with Crippen LogP contribution in [-0.2, 0) is 23.3 Å². The number of hydrogen-bond acceptors (Lipinski definition) is 8. The normalized spacial score (nSPS) is 30.3. The van der Waals surface area contributed by atoms with E-state index in [0.29, 0.717) is 24.6 Å². The van der Waals surface area contributed by atoms with Crippen LogP contribution in [0.1, 0.15) is 51.8 Å². The molecule has 0 radical (unpaired) electrons. The molecule has 10 nitrogen and oxygen atoms in total. The first-order valence-corrected chi connectivity index (χ1v) is 20.7. The number of rotatable bonds is 10. The lowest BCUT2D eigenvalue weighted by molar-refractivity contribution is -0.175. The van der Waals surface area contributed by atoms with E-state index < -0.39 is 46.3 Å². The summed E-state index contributed by atoms with van der Waals surface area (Å²) in [6.45, 7) is 11.3. The SMILES string of the molecule is CC[C@@]12CO[C@@H](C1O[P@@]1O[C@H](C[Si](C)(c3ccccc3)c3ccccc3)[C@@H]3CCCN31)[C@H](n1cc(C)c(NC(=O)C(C)C)nc1=O)O2. The number of nitrogens with zero attached hydrogens (tertiary/aromatic N) is 3. The van der Waals surface area contributed by atoms with Crippen molar-refractivity contribution in [3.05, 3.63) is 82.9 Å². The molecule has 1 amide bonds. The Kier molecular flexibility index (Phi) is 9.01. The van der Waals surface area contributed by atoms with Gasteiger partial charge in [-0.1, -0.05) is 98.4 Å². The summed E-state index contributed by atoms with van der Waals surface area (Å²) in [7, 11) is -3.50. The Morgan fingerprint density at radius 3 is 2.47 bits per heavy atom. The Morgan fingerprint density at radius 1 is 1.15 bits per heavy atom. The number of nitrogens with one attached hydrogen (secondary N) is 1. The van der Waals surface area contributed by atoms with Crippen molar-refractivity contribution in [2.45, 2.75) is 95.7 Å². The minimum Gasteiger partial charge on any atom is -0.368 e. The summed E-state index contributed by atoms with van der Waals surface area (Å²) in [5.74, 6) is -0.156. The zero-order valence-electron chi connectivity index (χ0n) is 27.8. The topological polar surface area (TPSA) is 104 Å². The first-order valence-electron chi connectivity index (χ1n) is 16.8. The minimum absolute atomic E-state index is 0.0537. The molecule has 0 aliphatic carbocycles. The number of hydrogen-bond donors (Lipinski definition) is 1. The molecule has 1 aromatic heterocycles. The number of amides is 1. The van der Waals surface area contributed by atoms with Gasteiger partial charge in [0.25, 0.3) is 8.53 Å². The molecular weight excluding hydrogens is 631 g/mol. The first kappa shape index (κ1) is 32.8. The number of aromatic nitrogens is 2. The highest BCUT2D eigenvalue weighted by atomic mass is 31.2. The highest BCUT2D eigenvalue weighted by molar-refractivity contribution is 7.45. The third kappa shape index (κ3) is 5.84. The van der Waals surface area contributed by atoms with Gasteiger partial charge >= 0.3 is 5.69 Å². The molecule has 4 aliphatic heterocycles. The third-order valence-corrected chi connectivity index (χ3v) is 16.7. The van der Waals surface area contributed by atoms with Crippen molar-refractivity contribution >= 4 is 38.7 Å². The van der Waals surface area contributed by atoms with Crippen molar-refractivity contribution in [2.24, 2.45) is 5.92 Å². The monoisotopic (exact) mass is 676 g/mol. The Bertz CT molecular complexity index is 1620. The van der Waals surface area contributed by atoms with Crippen molar-refractivity contribution in [1.82, 2.24) is 14.2 Å². The summed E-state index contributed by atoms with van der Waals surface area (Å²) in [4.78, 5) is 29.8. The van der Waals surface area contributed by atoms with Crippen molar-refractivity contribution in [1.29, 1.82) is 0 Å². The molecule has 7 rings (SSSR count). The van der Waals surface area contributed by atoms with E-state index in [1.54, 1.807) is 20.0 Å². The molecule has 3 aromatic rings. The van der Waals surface area contributed by atoms with Crippen LogP contribution in [0, 0.1) is 12.8 Å². The van der Waals surface area contributed by atoms with Gasteiger partial charge in [0.2, 0.25) is 5.91 Å². The Morgan fingerprint density at radius 2 is 1.83 bits per heavy atom. The van der Waals surface area contributed by atoms with Crippen molar-refractivity contribution < 1.29 is 23.3 Å². The second-order valence-electron chi connectivity index (χ2n) is 13.9. The van der Waals surface area contributed by atoms with E-state index >= 15 is 0 Å². The number of aryl methyl sites for hydroxylation is 1. The summed E-state index contributed by atoms with van der Waals surface area (Å²) in [6.07, 6.45) is 3.02. The van der Waals surface area contributed by atoms with Gasteiger partial charge in [-0.25, -0.2) is 9.46 Å². The van der Waals surface area contributed by atoms with E-state index in [9.17, 15) is 9.59 Å². The second kappa shape index (κ2) is 12.9. The van der Waals surface area contributed by atoms with E-state index in [0.717, 1.165) is 25.4 Å². The fraction of sp³-hybridized carbons (Fsp3) is 0.514. The van der Waals surface area contributed by atoms with Crippen LogP contribution in [0.3, 0.4) is 0 Å². The van der Waals surface area contributed by atoms with Crippen LogP contribution in [0.25, 0.3) is 0 Å². The smallest absolute Gasteiger partial charge is 0.351 e. The predicted molar refractivity (Wildman–Crippen MR) is 185 cm³/mol. The molecule has 2 bridgehead atoms. The van der Waals surface area contributed by atoms with Gasteiger partial charge in [0, 0.05) is 30.3 Å². The Labute approximate surface area is 278 Å². The summed E-state index contributed by atoms with van der Waals surface area (Å²) in [5, 5.41) is 5.58. The number of ether oxygens (including phenoxy) is 2. The molecule has 0 saturated carbocycles. The van der Waals surface area contributed by atoms with E-state index in [1.807, 2.05) is 6.92 Å². The van der Waals surface area contributed by atoms with Crippen molar-refractivity contribution in [3.8, 4) is 0 Å². The van der Waals surface area contributed by atoms with Crippen LogP contribution >= 0.6 is 8.53 Å². The van der Waals surface area contributed by atoms with E-state index in [4.69, 9.17) is 18.5 Å². The maximum atomic E-state index is 13.3. The van der Waals surface area contributed by atoms with Crippen LogP contribution in [-0.4, -0.2) is 71.3 Å². The summed E-state index contributed by atoms with van der Waals surface area (Å²) in [5.41, 5.74) is -0.540. The molecule has 0 spiro atoms.